The van der Waals surface area contributed by atoms with Crippen molar-refractivity contribution < 1.29 is 27.6 Å². The first kappa shape index (κ1) is 43.1. The number of imidazole rings is 2. The minimum absolute atomic E-state index is 0.341. The highest BCUT2D eigenvalue weighted by molar-refractivity contribution is 7.49. The molecule has 342 valence electrons. The van der Waals surface area contributed by atoms with E-state index in [2.05, 4.69) is 92.3 Å². The van der Waals surface area contributed by atoms with Crippen LogP contribution in [0.15, 0.2) is 188 Å². The van der Waals surface area contributed by atoms with E-state index in [0.29, 0.717) is 43.8 Å². The van der Waals surface area contributed by atoms with Gasteiger partial charge in [0.1, 0.15) is 40.4 Å². The van der Waals surface area contributed by atoms with E-state index in [-0.39, 0.29) is 0 Å². The second-order valence-electron chi connectivity index (χ2n) is 16.9. The summed E-state index contributed by atoms with van der Waals surface area (Å²) >= 11 is 0. The number of para-hydroxylation sites is 3. The molecule has 12 nitrogen and oxygen atoms in total. The van der Waals surface area contributed by atoms with Crippen LogP contribution in [0.1, 0.15) is 22.5 Å². The van der Waals surface area contributed by atoms with Gasteiger partial charge in [-0.1, -0.05) is 96.6 Å². The molecule has 0 saturated carbocycles. The third-order valence-electron chi connectivity index (χ3n) is 11.9. The van der Waals surface area contributed by atoms with E-state index in [9.17, 15) is 4.57 Å². The van der Waals surface area contributed by atoms with Gasteiger partial charge in [-0.15, -0.1) is 0 Å². The molecule has 0 unspecified atom stereocenters. The number of nitrogens with one attached hydrogen (secondary N) is 2. The Labute approximate surface area is 399 Å². The van der Waals surface area contributed by atoms with E-state index >= 15 is 0 Å². The van der Waals surface area contributed by atoms with Gasteiger partial charge in [-0.05, 0) is 122 Å². The van der Waals surface area contributed by atoms with Crippen LogP contribution in [0.4, 0.5) is 11.4 Å². The number of ether oxygens (including phenoxy) is 2. The Kier molecular flexibility index (Phi) is 11.7. The Bertz CT molecular complexity index is 3350. The lowest BCUT2D eigenvalue weighted by Gasteiger charge is -2.31. The van der Waals surface area contributed by atoms with E-state index in [1.807, 2.05) is 97.9 Å². The fraction of sp³-hybridized carbons (Fsp3) is 0.107. The SMILES string of the molecule is Cc1ccc(-c2nc3ccc(-c4ccc5nc(C)[nH]c5c4)cc3[nH]2)cc1.O=P(Oc1ccccc1)(Oc1ccc2c(c1)CN(c1ccccc1)CO2)Oc1ccc2c(c1)CN(c1ccccc1)CO2. The highest BCUT2D eigenvalue weighted by Crippen LogP contribution is 2.51. The fourth-order valence-electron chi connectivity index (χ4n) is 8.44. The molecule has 12 rings (SSSR count). The predicted molar refractivity (Wildman–Crippen MR) is 271 cm³/mol. The van der Waals surface area contributed by atoms with E-state index in [1.54, 1.807) is 36.4 Å². The van der Waals surface area contributed by atoms with Crippen molar-refractivity contribution in [2.45, 2.75) is 26.9 Å². The molecule has 0 atom stereocenters. The molecule has 0 bridgehead atoms. The Morgan fingerprint density at radius 3 is 1.52 bits per heavy atom. The normalized spacial score (nSPS) is 13.1. The van der Waals surface area contributed by atoms with Gasteiger partial charge < -0.3 is 42.8 Å². The van der Waals surface area contributed by atoms with Crippen molar-refractivity contribution in [2.24, 2.45) is 0 Å². The molecule has 0 fully saturated rings. The summed E-state index contributed by atoms with van der Waals surface area (Å²) < 4.78 is 44.2. The average Bonchev–Trinajstić information content (AvgIpc) is 3.99. The minimum atomic E-state index is -4.21. The molecule has 10 aromatic rings. The fourth-order valence-corrected chi connectivity index (χ4v) is 9.67. The van der Waals surface area contributed by atoms with Crippen LogP contribution in [0.5, 0.6) is 28.7 Å². The van der Waals surface area contributed by atoms with Crippen LogP contribution in [0.3, 0.4) is 0 Å². The van der Waals surface area contributed by atoms with Gasteiger partial charge in [0.25, 0.3) is 0 Å². The number of aromatic amines is 2. The summed E-state index contributed by atoms with van der Waals surface area (Å²) in [5.74, 6) is 4.37. The first-order chi connectivity index (χ1) is 33.8. The Morgan fingerprint density at radius 2 is 0.971 bits per heavy atom. The van der Waals surface area contributed by atoms with Crippen molar-refractivity contribution in [3.63, 3.8) is 0 Å². The first-order valence-corrected chi connectivity index (χ1v) is 24.1. The molecule has 0 amide bonds. The topological polar surface area (TPSA) is 127 Å². The van der Waals surface area contributed by atoms with E-state index in [4.69, 9.17) is 28.0 Å². The summed E-state index contributed by atoms with van der Waals surface area (Å²) in [5, 5.41) is 0. The zero-order chi connectivity index (χ0) is 46.7. The summed E-state index contributed by atoms with van der Waals surface area (Å²) in [6.07, 6.45) is 0. The third kappa shape index (κ3) is 9.70. The lowest BCUT2D eigenvalue weighted by Crippen LogP contribution is -2.31. The summed E-state index contributed by atoms with van der Waals surface area (Å²) in [5.41, 5.74) is 12.6. The van der Waals surface area contributed by atoms with E-state index < -0.39 is 7.82 Å². The molecule has 13 heteroatoms. The second-order valence-corrected chi connectivity index (χ2v) is 18.4. The summed E-state index contributed by atoms with van der Waals surface area (Å²) in [6.45, 7) is 6.13. The molecule has 69 heavy (non-hydrogen) atoms. The Morgan fingerprint density at radius 1 is 0.493 bits per heavy atom. The molecule has 2 N–H and O–H groups in total. The number of nitrogens with zero attached hydrogens (tertiary/aromatic N) is 4. The predicted octanol–water partition coefficient (Wildman–Crippen LogP) is 13.4. The number of hydrogen-bond acceptors (Lipinski definition) is 10. The Balaban J connectivity index is 0.000000170. The molecule has 2 aliphatic rings. The monoisotopic (exact) mass is 930 g/mol. The summed E-state index contributed by atoms with van der Waals surface area (Å²) in [6, 6.07) is 60.7. The third-order valence-corrected chi connectivity index (χ3v) is 13.2. The largest absolute Gasteiger partial charge is 0.647 e. The van der Waals surface area contributed by atoms with Gasteiger partial charge in [0, 0.05) is 41.2 Å². The Hall–Kier alpha value is -8.47. The summed E-state index contributed by atoms with van der Waals surface area (Å²) in [4.78, 5) is 20.2. The minimum Gasteiger partial charge on any atom is -0.473 e. The van der Waals surface area contributed by atoms with Crippen molar-refractivity contribution in [3.05, 3.63) is 211 Å². The van der Waals surface area contributed by atoms with Gasteiger partial charge in [0.05, 0.1) is 22.1 Å². The van der Waals surface area contributed by atoms with Crippen molar-refractivity contribution in [1.29, 1.82) is 0 Å². The molecule has 0 radical (unpaired) electrons. The average molecular weight is 931 g/mol. The van der Waals surface area contributed by atoms with Crippen LogP contribution < -0.4 is 32.8 Å². The molecular formula is C56H47N6O6P. The molecule has 2 aliphatic heterocycles. The van der Waals surface area contributed by atoms with Crippen LogP contribution in [0.25, 0.3) is 44.6 Å². The van der Waals surface area contributed by atoms with Gasteiger partial charge in [-0.3, -0.25) is 0 Å². The molecule has 0 spiro atoms. The molecule has 0 aliphatic carbocycles. The van der Waals surface area contributed by atoms with Gasteiger partial charge in [0.15, 0.2) is 13.5 Å². The maximum Gasteiger partial charge on any atom is 0.647 e. The molecular weight excluding hydrogens is 884 g/mol. The van der Waals surface area contributed by atoms with Crippen LogP contribution >= 0.6 is 7.82 Å². The van der Waals surface area contributed by atoms with E-state index in [0.717, 1.165) is 84.4 Å². The number of aromatic nitrogens is 4. The number of benzene rings is 8. The number of rotatable bonds is 10. The van der Waals surface area contributed by atoms with Gasteiger partial charge >= 0.3 is 7.82 Å². The van der Waals surface area contributed by atoms with Crippen molar-refractivity contribution in [3.8, 4) is 51.3 Å². The maximum atomic E-state index is 14.3. The lowest BCUT2D eigenvalue weighted by atomic mass is 10.0. The van der Waals surface area contributed by atoms with Crippen molar-refractivity contribution >= 4 is 41.3 Å². The molecule has 4 heterocycles. The van der Waals surface area contributed by atoms with Crippen molar-refractivity contribution in [2.75, 3.05) is 23.3 Å². The number of fused-ring (bicyclic) bond motifs is 4. The second kappa shape index (κ2) is 18.7. The lowest BCUT2D eigenvalue weighted by molar-refractivity contribution is 0.283. The smallest absolute Gasteiger partial charge is 0.473 e. The van der Waals surface area contributed by atoms with E-state index in [1.165, 1.54) is 5.56 Å². The number of phosphoric acid groups is 1. The first-order valence-electron chi connectivity index (χ1n) is 22.6. The quantitative estimate of drug-likeness (QED) is 0.128. The number of hydrogen-bond donors (Lipinski definition) is 2. The van der Waals surface area contributed by atoms with Gasteiger partial charge in [-0.2, -0.15) is 4.57 Å². The van der Waals surface area contributed by atoms with Crippen molar-refractivity contribution in [1.82, 2.24) is 19.9 Å². The molecule has 2 aromatic heterocycles. The maximum absolute atomic E-state index is 14.3. The highest BCUT2D eigenvalue weighted by atomic mass is 31.2. The van der Waals surface area contributed by atoms with Crippen LogP contribution in [0, 0.1) is 13.8 Å². The van der Waals surface area contributed by atoms with Crippen LogP contribution in [-0.4, -0.2) is 33.4 Å². The number of H-pyrrole nitrogens is 2. The molecule has 8 aromatic carbocycles. The zero-order valence-electron chi connectivity index (χ0n) is 37.9. The van der Waals surface area contributed by atoms with Gasteiger partial charge in [-0.25, -0.2) is 9.97 Å². The zero-order valence-corrected chi connectivity index (χ0v) is 38.8. The highest BCUT2D eigenvalue weighted by Gasteiger charge is 2.34. The van der Waals surface area contributed by atoms with Crippen LogP contribution in [-0.2, 0) is 17.7 Å². The number of anilines is 2. The summed E-state index contributed by atoms with van der Waals surface area (Å²) in [7, 11) is -4.21. The number of phosphoric ester groups is 1. The van der Waals surface area contributed by atoms with Gasteiger partial charge in [0.2, 0.25) is 0 Å². The molecule has 0 saturated heterocycles. The standard InChI is InChI=1S/C34H29N2O6P.C22H18N4/c37-43(40-30-14-8-3-9-15-30,41-31-16-18-33-26(20-31)22-35(24-38-33)28-10-4-1-5-11-28)42-32-17-19-34-27(21-32)23-36(25-39-34)29-12-6-2-7-13-29;1-13-3-5-15(6-4-13)22-25-19-10-8-17(12-21(19)26-22)16-7-9-18-20(11-16)24-14(2)23-18/h1-21H,22-25H2;3-12H,1-2H3,(H,23,24)(H,25,26). The van der Waals surface area contributed by atoms with Crippen LogP contribution in [0.2, 0.25) is 0 Å². The number of aryl methyl sites for hydroxylation is 2.